The number of para-hydroxylation sites is 1. The normalized spacial score (nSPS) is 14.9. The number of carbonyl (C=O) groups is 1. The number of phenolic OH excluding ortho intramolecular Hbond substituents is 1. The summed E-state index contributed by atoms with van der Waals surface area (Å²) in [6, 6.07) is 13.2. The van der Waals surface area contributed by atoms with E-state index in [0.717, 1.165) is 28.0 Å². The molecule has 7 nitrogen and oxygen atoms in total. The van der Waals surface area contributed by atoms with Crippen LogP contribution in [0.1, 0.15) is 17.7 Å². The van der Waals surface area contributed by atoms with Gasteiger partial charge in [-0.1, -0.05) is 18.2 Å². The van der Waals surface area contributed by atoms with Gasteiger partial charge in [0.25, 0.3) is 0 Å². The summed E-state index contributed by atoms with van der Waals surface area (Å²) >= 11 is 5.13. The second kappa shape index (κ2) is 9.36. The number of benzene rings is 1. The van der Waals surface area contributed by atoms with Crippen molar-refractivity contribution >= 4 is 50.7 Å². The number of aromatic hydroxyl groups is 1. The number of nitrogens with zero attached hydrogens (tertiary/aromatic N) is 4. The van der Waals surface area contributed by atoms with Crippen molar-refractivity contribution in [1.29, 1.82) is 0 Å². The number of nitrogens with one attached hydrogen (secondary N) is 1. The number of hydrogen-bond donors (Lipinski definition) is 2. The lowest BCUT2D eigenvalue weighted by Crippen LogP contribution is -2.42. The van der Waals surface area contributed by atoms with Gasteiger partial charge in [-0.3, -0.25) is 4.79 Å². The molecule has 0 bridgehead atoms. The Kier molecular flexibility index (Phi) is 6.15. The molecule has 9 heteroatoms. The predicted octanol–water partition coefficient (Wildman–Crippen LogP) is 5.04. The maximum absolute atomic E-state index is 12.5. The van der Waals surface area contributed by atoms with E-state index in [1.807, 2.05) is 46.7 Å². The number of likely N-dealkylation sites (tertiary alicyclic amines) is 1. The Morgan fingerprint density at radius 3 is 2.79 bits per heavy atom. The van der Waals surface area contributed by atoms with Gasteiger partial charge in [0.05, 0.1) is 16.4 Å². The SMILES string of the molecule is O=C(/C=C/c1cccs1)N1CCC(Nc2cc(-c3ccccc3O)nc3c(Br)cnn23)CC1. The van der Waals surface area contributed by atoms with E-state index in [-0.39, 0.29) is 17.7 Å². The molecular formula is C24H22BrN5O2S. The zero-order chi connectivity index (χ0) is 22.8. The highest BCUT2D eigenvalue weighted by molar-refractivity contribution is 9.10. The fourth-order valence-corrected chi connectivity index (χ4v) is 4.93. The lowest BCUT2D eigenvalue weighted by Gasteiger charge is -2.32. The van der Waals surface area contributed by atoms with Gasteiger partial charge in [0.2, 0.25) is 5.91 Å². The molecule has 1 aromatic carbocycles. The summed E-state index contributed by atoms with van der Waals surface area (Å²) in [7, 11) is 0. The van der Waals surface area contributed by atoms with E-state index in [4.69, 9.17) is 4.98 Å². The number of amides is 1. The number of hydrogen-bond acceptors (Lipinski definition) is 6. The highest BCUT2D eigenvalue weighted by Crippen LogP contribution is 2.31. The molecule has 1 aliphatic rings. The van der Waals surface area contributed by atoms with Crippen molar-refractivity contribution in [2.45, 2.75) is 18.9 Å². The highest BCUT2D eigenvalue weighted by atomic mass is 79.9. The van der Waals surface area contributed by atoms with Crippen LogP contribution in [0.3, 0.4) is 0 Å². The van der Waals surface area contributed by atoms with Gasteiger partial charge in [-0.15, -0.1) is 11.3 Å². The largest absolute Gasteiger partial charge is 0.507 e. The first-order valence-electron chi connectivity index (χ1n) is 10.7. The maximum atomic E-state index is 12.5. The number of rotatable bonds is 5. The summed E-state index contributed by atoms with van der Waals surface area (Å²) < 4.78 is 2.54. The number of fused-ring (bicyclic) bond motifs is 1. The third-order valence-corrected chi connectivity index (χ3v) is 7.10. The van der Waals surface area contributed by atoms with Gasteiger partial charge in [0.15, 0.2) is 5.65 Å². The van der Waals surface area contributed by atoms with Crippen LogP contribution < -0.4 is 5.32 Å². The molecule has 4 aromatic rings. The molecule has 1 amide bonds. The van der Waals surface area contributed by atoms with Gasteiger partial charge in [0, 0.05) is 41.7 Å². The van der Waals surface area contributed by atoms with Gasteiger partial charge in [-0.2, -0.15) is 9.61 Å². The zero-order valence-corrected chi connectivity index (χ0v) is 20.1. The number of aromatic nitrogens is 3. The molecule has 33 heavy (non-hydrogen) atoms. The molecule has 168 valence electrons. The van der Waals surface area contributed by atoms with Crippen molar-refractivity contribution in [1.82, 2.24) is 19.5 Å². The highest BCUT2D eigenvalue weighted by Gasteiger charge is 2.23. The molecule has 2 N–H and O–H groups in total. The lowest BCUT2D eigenvalue weighted by atomic mass is 10.0. The van der Waals surface area contributed by atoms with E-state index in [9.17, 15) is 9.90 Å². The van der Waals surface area contributed by atoms with Crippen LogP contribution in [0.5, 0.6) is 5.75 Å². The van der Waals surface area contributed by atoms with Crippen molar-refractivity contribution in [3.63, 3.8) is 0 Å². The monoisotopic (exact) mass is 523 g/mol. The van der Waals surface area contributed by atoms with Crippen LogP contribution in [0.4, 0.5) is 5.82 Å². The number of anilines is 1. The Morgan fingerprint density at radius 2 is 2.03 bits per heavy atom. The maximum Gasteiger partial charge on any atom is 0.246 e. The predicted molar refractivity (Wildman–Crippen MR) is 134 cm³/mol. The molecule has 0 saturated carbocycles. The quantitative estimate of drug-likeness (QED) is 0.358. The van der Waals surface area contributed by atoms with E-state index < -0.39 is 0 Å². The first-order chi connectivity index (χ1) is 16.1. The second-order valence-corrected chi connectivity index (χ2v) is 9.70. The topological polar surface area (TPSA) is 82.8 Å². The van der Waals surface area contributed by atoms with Crippen molar-refractivity contribution in [3.05, 3.63) is 69.5 Å². The van der Waals surface area contributed by atoms with Crippen LogP contribution in [0.15, 0.2) is 64.6 Å². The number of thiophene rings is 1. The van der Waals surface area contributed by atoms with Gasteiger partial charge < -0.3 is 15.3 Å². The van der Waals surface area contributed by atoms with Crippen LogP contribution in [-0.2, 0) is 4.79 Å². The summed E-state index contributed by atoms with van der Waals surface area (Å²) in [6.07, 6.45) is 6.91. The minimum atomic E-state index is 0.0472. The Morgan fingerprint density at radius 1 is 1.21 bits per heavy atom. The van der Waals surface area contributed by atoms with Crippen LogP contribution in [-0.4, -0.2) is 49.6 Å². The van der Waals surface area contributed by atoms with E-state index in [0.29, 0.717) is 30.0 Å². The molecule has 0 unspecified atom stereocenters. The number of phenols is 1. The van der Waals surface area contributed by atoms with Crippen molar-refractivity contribution in [2.75, 3.05) is 18.4 Å². The van der Waals surface area contributed by atoms with Crippen LogP contribution >= 0.6 is 27.3 Å². The average molecular weight is 524 g/mol. The molecule has 5 rings (SSSR count). The molecule has 0 aliphatic carbocycles. The minimum Gasteiger partial charge on any atom is -0.507 e. The third-order valence-electron chi connectivity index (χ3n) is 5.70. The Hall–Kier alpha value is -3.17. The third kappa shape index (κ3) is 4.65. The molecule has 0 spiro atoms. The van der Waals surface area contributed by atoms with Gasteiger partial charge >= 0.3 is 0 Å². The Labute approximate surface area is 203 Å². The average Bonchev–Trinajstić information content (AvgIpc) is 3.48. The van der Waals surface area contributed by atoms with Crippen LogP contribution in [0, 0.1) is 0 Å². The number of halogens is 1. The lowest BCUT2D eigenvalue weighted by molar-refractivity contribution is -0.126. The van der Waals surface area contributed by atoms with Crippen LogP contribution in [0.25, 0.3) is 23.0 Å². The summed E-state index contributed by atoms with van der Waals surface area (Å²) in [4.78, 5) is 20.2. The molecule has 1 aliphatic heterocycles. The van der Waals surface area contributed by atoms with E-state index in [1.165, 1.54) is 0 Å². The van der Waals surface area contributed by atoms with Crippen molar-refractivity contribution in [2.24, 2.45) is 0 Å². The van der Waals surface area contributed by atoms with E-state index in [1.54, 1.807) is 40.3 Å². The summed E-state index contributed by atoms with van der Waals surface area (Å²) in [5.74, 6) is 1.02. The molecular weight excluding hydrogens is 502 g/mol. The minimum absolute atomic E-state index is 0.0472. The molecule has 0 radical (unpaired) electrons. The first kappa shape index (κ1) is 21.7. The van der Waals surface area contributed by atoms with Crippen molar-refractivity contribution in [3.8, 4) is 17.0 Å². The van der Waals surface area contributed by atoms with Gasteiger partial charge in [0.1, 0.15) is 11.6 Å². The van der Waals surface area contributed by atoms with Gasteiger partial charge in [-0.05, 0) is 58.4 Å². The Balaban J connectivity index is 1.32. The molecule has 0 atom stereocenters. The van der Waals surface area contributed by atoms with Crippen molar-refractivity contribution < 1.29 is 9.90 Å². The molecule has 3 aromatic heterocycles. The second-order valence-electron chi connectivity index (χ2n) is 7.86. The van der Waals surface area contributed by atoms with Crippen LogP contribution in [0.2, 0.25) is 0 Å². The summed E-state index contributed by atoms with van der Waals surface area (Å²) in [5, 5.41) is 20.3. The molecule has 1 saturated heterocycles. The molecule has 1 fully saturated rings. The summed E-state index contributed by atoms with van der Waals surface area (Å²) in [5.41, 5.74) is 1.99. The van der Waals surface area contributed by atoms with Gasteiger partial charge in [-0.25, -0.2) is 4.98 Å². The van der Waals surface area contributed by atoms with E-state index in [2.05, 4.69) is 26.3 Å². The smallest absolute Gasteiger partial charge is 0.246 e. The Bertz CT molecular complexity index is 1310. The molecule has 4 heterocycles. The summed E-state index contributed by atoms with van der Waals surface area (Å²) in [6.45, 7) is 1.38. The number of carbonyl (C=O) groups excluding carboxylic acids is 1. The first-order valence-corrected chi connectivity index (χ1v) is 12.4. The zero-order valence-electron chi connectivity index (χ0n) is 17.7. The fourth-order valence-electron chi connectivity index (χ4n) is 3.97. The fraction of sp³-hybridized carbons (Fsp3) is 0.208. The standard InChI is InChI=1S/C24H22BrN5O2S/c25-19-15-26-30-22(14-20(28-24(19)30)18-5-1-2-6-21(18)31)27-16-9-11-29(12-10-16)23(32)8-7-17-4-3-13-33-17/h1-8,13-16,27,31H,9-12H2/b8-7+. The van der Waals surface area contributed by atoms with E-state index >= 15 is 0 Å². The number of piperidine rings is 1.